The van der Waals surface area contributed by atoms with E-state index in [9.17, 15) is 4.79 Å². The molecule has 4 nitrogen and oxygen atoms in total. The van der Waals surface area contributed by atoms with Crippen LogP contribution in [0.2, 0.25) is 5.02 Å². The van der Waals surface area contributed by atoms with E-state index in [4.69, 9.17) is 11.6 Å². The van der Waals surface area contributed by atoms with Crippen LogP contribution in [-0.2, 0) is 6.42 Å². The summed E-state index contributed by atoms with van der Waals surface area (Å²) in [6.07, 6.45) is 1.81. The highest BCUT2D eigenvalue weighted by atomic mass is 35.5. The van der Waals surface area contributed by atoms with Gasteiger partial charge in [0.1, 0.15) is 5.69 Å². The van der Waals surface area contributed by atoms with Crippen molar-refractivity contribution >= 4 is 17.5 Å². The van der Waals surface area contributed by atoms with Gasteiger partial charge in [-0.3, -0.25) is 9.89 Å². The smallest absolute Gasteiger partial charge is 0.269 e. The maximum absolute atomic E-state index is 12.4. The number of carbonyl (C=O) groups excluding carboxylic acids is 1. The maximum Gasteiger partial charge on any atom is 0.269 e. The molecule has 1 amide bonds. The van der Waals surface area contributed by atoms with E-state index in [-0.39, 0.29) is 11.9 Å². The highest BCUT2D eigenvalue weighted by Gasteiger charge is 2.13. The minimum atomic E-state index is -0.145. The van der Waals surface area contributed by atoms with Crippen LogP contribution in [0, 0.1) is 0 Å². The summed E-state index contributed by atoms with van der Waals surface area (Å²) in [5, 5.41) is 10.7. The summed E-state index contributed by atoms with van der Waals surface area (Å²) in [6.45, 7) is 2.01. The molecule has 128 valence electrons. The van der Waals surface area contributed by atoms with E-state index in [1.807, 2.05) is 37.3 Å². The summed E-state index contributed by atoms with van der Waals surface area (Å²) in [6, 6.07) is 19.5. The van der Waals surface area contributed by atoms with E-state index in [1.165, 1.54) is 5.56 Å². The largest absolute Gasteiger partial charge is 0.348 e. The van der Waals surface area contributed by atoms with E-state index >= 15 is 0 Å². The van der Waals surface area contributed by atoms with Gasteiger partial charge in [0, 0.05) is 16.6 Å². The summed E-state index contributed by atoms with van der Waals surface area (Å²) in [5.74, 6) is -0.145. The standard InChI is InChI=1S/C20H20ClN3O/c1-14(7-8-15-5-3-2-4-6-15)22-20(25)19-13-18(23-24-19)16-9-11-17(21)12-10-16/h2-6,9-14H,7-8H2,1H3,(H,22,25)(H,23,24)/t14-/m0/s1. The van der Waals surface area contributed by atoms with Crippen LogP contribution in [0.25, 0.3) is 11.3 Å². The number of aromatic nitrogens is 2. The Labute approximate surface area is 152 Å². The quantitative estimate of drug-likeness (QED) is 0.686. The third kappa shape index (κ3) is 4.70. The van der Waals surface area contributed by atoms with E-state index in [1.54, 1.807) is 18.2 Å². The van der Waals surface area contributed by atoms with Crippen molar-refractivity contribution in [2.45, 2.75) is 25.8 Å². The lowest BCUT2D eigenvalue weighted by molar-refractivity contribution is 0.0933. The highest BCUT2D eigenvalue weighted by Crippen LogP contribution is 2.20. The van der Waals surface area contributed by atoms with Crippen LogP contribution < -0.4 is 5.32 Å². The van der Waals surface area contributed by atoms with Gasteiger partial charge in [0.15, 0.2) is 0 Å². The average Bonchev–Trinajstić information content (AvgIpc) is 3.12. The first-order valence-electron chi connectivity index (χ1n) is 8.28. The van der Waals surface area contributed by atoms with Crippen LogP contribution in [0.15, 0.2) is 60.7 Å². The Bertz CT molecular complexity index is 828. The van der Waals surface area contributed by atoms with E-state index in [0.717, 1.165) is 24.1 Å². The summed E-state index contributed by atoms with van der Waals surface area (Å²) in [4.78, 5) is 12.4. The van der Waals surface area contributed by atoms with Crippen LogP contribution in [0.5, 0.6) is 0 Å². The van der Waals surface area contributed by atoms with Crippen molar-refractivity contribution in [3.8, 4) is 11.3 Å². The molecular weight excluding hydrogens is 334 g/mol. The van der Waals surface area contributed by atoms with Crippen LogP contribution in [0.4, 0.5) is 0 Å². The molecule has 0 bridgehead atoms. The van der Waals surface area contributed by atoms with Gasteiger partial charge in [-0.05, 0) is 43.5 Å². The molecule has 1 atom stereocenters. The predicted molar refractivity (Wildman–Crippen MR) is 101 cm³/mol. The van der Waals surface area contributed by atoms with Gasteiger partial charge in [0.05, 0.1) is 5.69 Å². The molecule has 0 saturated heterocycles. The Morgan fingerprint density at radius 3 is 2.60 bits per heavy atom. The first kappa shape index (κ1) is 17.2. The van der Waals surface area contributed by atoms with E-state index in [2.05, 4.69) is 27.6 Å². The molecule has 0 saturated carbocycles. The zero-order valence-electron chi connectivity index (χ0n) is 14.0. The predicted octanol–water partition coefficient (Wildman–Crippen LogP) is 4.48. The first-order valence-corrected chi connectivity index (χ1v) is 8.66. The number of nitrogens with one attached hydrogen (secondary N) is 2. The Morgan fingerprint density at radius 1 is 1.16 bits per heavy atom. The molecule has 2 aromatic carbocycles. The monoisotopic (exact) mass is 353 g/mol. The van der Waals surface area contributed by atoms with Crippen LogP contribution in [0.1, 0.15) is 29.4 Å². The Morgan fingerprint density at radius 2 is 1.88 bits per heavy atom. The number of amides is 1. The molecule has 0 aliphatic rings. The summed E-state index contributed by atoms with van der Waals surface area (Å²) >= 11 is 5.89. The average molecular weight is 354 g/mol. The van der Waals surface area contributed by atoms with Gasteiger partial charge in [0.25, 0.3) is 5.91 Å². The lowest BCUT2D eigenvalue weighted by atomic mass is 10.1. The molecule has 25 heavy (non-hydrogen) atoms. The fourth-order valence-electron chi connectivity index (χ4n) is 2.61. The molecule has 1 aromatic heterocycles. The van der Waals surface area contributed by atoms with Crippen molar-refractivity contribution in [3.05, 3.63) is 76.9 Å². The number of H-pyrrole nitrogens is 1. The van der Waals surface area contributed by atoms with Crippen molar-refractivity contribution in [1.82, 2.24) is 15.5 Å². The van der Waals surface area contributed by atoms with Crippen molar-refractivity contribution in [2.75, 3.05) is 0 Å². The second-order valence-corrected chi connectivity index (χ2v) is 6.51. The van der Waals surface area contributed by atoms with E-state index in [0.29, 0.717) is 10.7 Å². The van der Waals surface area contributed by atoms with Crippen molar-refractivity contribution in [1.29, 1.82) is 0 Å². The molecule has 0 unspecified atom stereocenters. The number of benzene rings is 2. The maximum atomic E-state index is 12.4. The fraction of sp³-hybridized carbons (Fsp3) is 0.200. The number of hydrogen-bond donors (Lipinski definition) is 2. The zero-order chi connectivity index (χ0) is 17.6. The van der Waals surface area contributed by atoms with Gasteiger partial charge in [-0.15, -0.1) is 0 Å². The number of halogens is 1. The number of aromatic amines is 1. The molecule has 2 N–H and O–H groups in total. The SMILES string of the molecule is C[C@@H](CCc1ccccc1)NC(=O)c1cc(-c2ccc(Cl)cc2)n[nH]1. The van der Waals surface area contributed by atoms with Crippen LogP contribution in [0.3, 0.4) is 0 Å². The van der Waals surface area contributed by atoms with Crippen molar-refractivity contribution in [2.24, 2.45) is 0 Å². The first-order chi connectivity index (χ1) is 12.1. The van der Waals surface area contributed by atoms with Gasteiger partial charge in [0.2, 0.25) is 0 Å². The molecule has 3 aromatic rings. The molecule has 0 fully saturated rings. The van der Waals surface area contributed by atoms with Crippen molar-refractivity contribution in [3.63, 3.8) is 0 Å². The third-order valence-corrected chi connectivity index (χ3v) is 4.30. The summed E-state index contributed by atoms with van der Waals surface area (Å²) in [5.41, 5.74) is 3.36. The molecule has 0 spiro atoms. The minimum absolute atomic E-state index is 0.0787. The van der Waals surface area contributed by atoms with Gasteiger partial charge >= 0.3 is 0 Å². The molecule has 1 heterocycles. The third-order valence-electron chi connectivity index (χ3n) is 4.05. The number of rotatable bonds is 6. The number of aryl methyl sites for hydroxylation is 1. The number of carbonyl (C=O) groups is 1. The van der Waals surface area contributed by atoms with Crippen molar-refractivity contribution < 1.29 is 4.79 Å². The lowest BCUT2D eigenvalue weighted by Crippen LogP contribution is -2.33. The highest BCUT2D eigenvalue weighted by molar-refractivity contribution is 6.30. The molecule has 3 rings (SSSR count). The molecule has 5 heteroatoms. The van der Waals surface area contributed by atoms with Gasteiger partial charge in [-0.2, -0.15) is 5.10 Å². The topological polar surface area (TPSA) is 57.8 Å². The number of nitrogens with zero attached hydrogens (tertiary/aromatic N) is 1. The Balaban J connectivity index is 1.57. The van der Waals surface area contributed by atoms with E-state index < -0.39 is 0 Å². The lowest BCUT2D eigenvalue weighted by Gasteiger charge is -2.13. The normalized spacial score (nSPS) is 11.9. The second-order valence-electron chi connectivity index (χ2n) is 6.07. The Hall–Kier alpha value is -2.59. The van der Waals surface area contributed by atoms with Gasteiger partial charge in [-0.25, -0.2) is 0 Å². The van der Waals surface area contributed by atoms with Gasteiger partial charge < -0.3 is 5.32 Å². The minimum Gasteiger partial charge on any atom is -0.348 e. The van der Waals surface area contributed by atoms with Crippen LogP contribution >= 0.6 is 11.6 Å². The molecule has 0 aliphatic heterocycles. The fourth-order valence-corrected chi connectivity index (χ4v) is 2.73. The Kier molecular flexibility index (Phi) is 5.51. The van der Waals surface area contributed by atoms with Crippen LogP contribution in [-0.4, -0.2) is 22.1 Å². The zero-order valence-corrected chi connectivity index (χ0v) is 14.8. The van der Waals surface area contributed by atoms with Gasteiger partial charge in [-0.1, -0.05) is 54.1 Å². The molecular formula is C20H20ClN3O. The number of hydrogen-bond acceptors (Lipinski definition) is 2. The molecule has 0 radical (unpaired) electrons. The molecule has 0 aliphatic carbocycles. The summed E-state index contributed by atoms with van der Waals surface area (Å²) < 4.78 is 0. The summed E-state index contributed by atoms with van der Waals surface area (Å²) in [7, 11) is 0. The second kappa shape index (κ2) is 7.99.